The van der Waals surface area contributed by atoms with E-state index < -0.39 is 4.92 Å². The van der Waals surface area contributed by atoms with Crippen molar-refractivity contribution in [2.45, 2.75) is 5.16 Å². The highest BCUT2D eigenvalue weighted by molar-refractivity contribution is 9.10. The molecule has 0 radical (unpaired) electrons. The minimum atomic E-state index is -0.504. The molecule has 0 aliphatic heterocycles. The van der Waals surface area contributed by atoms with E-state index in [9.17, 15) is 14.9 Å². The summed E-state index contributed by atoms with van der Waals surface area (Å²) in [7, 11) is 0. The lowest BCUT2D eigenvalue weighted by molar-refractivity contribution is -0.384. The molecule has 0 saturated heterocycles. The maximum atomic E-state index is 12.2. The maximum Gasteiger partial charge on any atom is 0.270 e. The van der Waals surface area contributed by atoms with Crippen LogP contribution in [0.15, 0.2) is 58.2 Å². The van der Waals surface area contributed by atoms with Gasteiger partial charge in [0.05, 0.1) is 22.1 Å². The molecule has 3 aromatic rings. The van der Waals surface area contributed by atoms with Crippen LogP contribution in [0.1, 0.15) is 0 Å². The molecule has 1 N–H and O–H groups in total. The molecule has 0 aliphatic rings. The van der Waals surface area contributed by atoms with Crippen molar-refractivity contribution in [3.05, 3.63) is 63.1 Å². The Balaban J connectivity index is 1.64. The number of amides is 1. The van der Waals surface area contributed by atoms with Crippen LogP contribution in [-0.2, 0) is 4.79 Å². The van der Waals surface area contributed by atoms with Crippen LogP contribution < -0.4 is 5.32 Å². The predicted molar refractivity (Wildman–Crippen MR) is 99.3 cm³/mol. The second-order valence-corrected chi connectivity index (χ2v) is 6.76. The van der Waals surface area contributed by atoms with Crippen LogP contribution in [-0.4, -0.2) is 36.8 Å². The van der Waals surface area contributed by atoms with E-state index in [0.717, 1.165) is 5.69 Å². The highest BCUT2D eigenvalue weighted by atomic mass is 79.9. The van der Waals surface area contributed by atoms with Crippen molar-refractivity contribution >= 4 is 45.0 Å². The summed E-state index contributed by atoms with van der Waals surface area (Å²) in [5.41, 5.74) is 1.17. The number of aromatic nitrogens is 4. The SMILES string of the molecule is O=C(CSc1nnnn1-c1ccccc1)Nc1ccc([N+](=O)[O-])cc1Br. The summed E-state index contributed by atoms with van der Waals surface area (Å²) >= 11 is 4.39. The number of nitro groups is 1. The van der Waals surface area contributed by atoms with Crippen molar-refractivity contribution in [2.75, 3.05) is 11.1 Å². The molecule has 0 unspecified atom stereocenters. The van der Waals surface area contributed by atoms with Gasteiger partial charge in [-0.3, -0.25) is 14.9 Å². The fourth-order valence-electron chi connectivity index (χ4n) is 2.04. The third kappa shape index (κ3) is 4.24. The first kappa shape index (κ1) is 18.0. The molecule has 26 heavy (non-hydrogen) atoms. The zero-order valence-corrected chi connectivity index (χ0v) is 15.5. The highest BCUT2D eigenvalue weighted by Gasteiger charge is 2.14. The normalized spacial score (nSPS) is 10.5. The topological polar surface area (TPSA) is 116 Å². The molecule has 0 spiro atoms. The Hall–Kier alpha value is -2.79. The fraction of sp³-hybridized carbons (Fsp3) is 0.0667. The number of halogens is 1. The van der Waals surface area contributed by atoms with Crippen molar-refractivity contribution in [3.8, 4) is 5.69 Å². The van der Waals surface area contributed by atoms with Gasteiger partial charge in [-0.25, -0.2) is 0 Å². The molecule has 0 bridgehead atoms. The monoisotopic (exact) mass is 434 g/mol. The van der Waals surface area contributed by atoms with E-state index >= 15 is 0 Å². The molecule has 9 nitrogen and oxygen atoms in total. The smallest absolute Gasteiger partial charge is 0.270 e. The molecular formula is C15H11BrN6O3S. The number of para-hydroxylation sites is 1. The minimum absolute atomic E-state index is 0.0636. The standard InChI is InChI=1S/C15H11BrN6O3S/c16-12-8-11(22(24)25)6-7-13(12)17-14(23)9-26-15-18-19-20-21(15)10-4-2-1-3-5-10/h1-8H,9H2,(H,17,23). The Morgan fingerprint density at radius 1 is 1.27 bits per heavy atom. The fourth-order valence-corrected chi connectivity index (χ4v) is 3.19. The Bertz CT molecular complexity index is 950. The summed E-state index contributed by atoms with van der Waals surface area (Å²) in [4.78, 5) is 22.4. The first-order valence-electron chi connectivity index (χ1n) is 7.25. The van der Waals surface area contributed by atoms with Gasteiger partial charge in [-0.1, -0.05) is 30.0 Å². The number of benzene rings is 2. The summed E-state index contributed by atoms with van der Waals surface area (Å²) in [6.45, 7) is 0. The van der Waals surface area contributed by atoms with E-state index in [1.807, 2.05) is 30.3 Å². The summed E-state index contributed by atoms with van der Waals surface area (Å²) in [5, 5.41) is 25.4. The van der Waals surface area contributed by atoms with Gasteiger partial charge in [0.1, 0.15) is 0 Å². The number of rotatable bonds is 6. The van der Waals surface area contributed by atoms with Gasteiger partial charge in [0, 0.05) is 16.6 Å². The van der Waals surface area contributed by atoms with Crippen LogP contribution in [0, 0.1) is 10.1 Å². The van der Waals surface area contributed by atoms with Gasteiger partial charge < -0.3 is 5.32 Å². The van der Waals surface area contributed by atoms with Crippen LogP contribution >= 0.6 is 27.7 Å². The number of carbonyl (C=O) groups is 1. The molecule has 2 aromatic carbocycles. The van der Waals surface area contributed by atoms with Gasteiger partial charge in [0.15, 0.2) is 0 Å². The lowest BCUT2D eigenvalue weighted by Gasteiger charge is -2.07. The molecular weight excluding hydrogens is 424 g/mol. The Kier molecular flexibility index (Phi) is 5.58. The van der Waals surface area contributed by atoms with Crippen molar-refractivity contribution in [1.29, 1.82) is 0 Å². The van der Waals surface area contributed by atoms with Gasteiger partial charge in [0.25, 0.3) is 5.69 Å². The zero-order chi connectivity index (χ0) is 18.5. The maximum absolute atomic E-state index is 12.2. The number of non-ortho nitro benzene ring substituents is 1. The van der Waals surface area contributed by atoms with Crippen molar-refractivity contribution < 1.29 is 9.72 Å². The number of hydrogen-bond acceptors (Lipinski definition) is 7. The van der Waals surface area contributed by atoms with Crippen molar-refractivity contribution in [2.24, 2.45) is 0 Å². The molecule has 11 heteroatoms. The van der Waals surface area contributed by atoms with Crippen LogP contribution in [0.2, 0.25) is 0 Å². The van der Waals surface area contributed by atoms with Crippen LogP contribution in [0.4, 0.5) is 11.4 Å². The second kappa shape index (κ2) is 8.06. The van der Waals surface area contributed by atoms with E-state index in [0.29, 0.717) is 15.3 Å². The van der Waals surface area contributed by atoms with Crippen molar-refractivity contribution in [1.82, 2.24) is 20.2 Å². The summed E-state index contributed by atoms with van der Waals surface area (Å²) in [6, 6.07) is 13.5. The average molecular weight is 435 g/mol. The van der Waals surface area contributed by atoms with Gasteiger partial charge in [-0.05, 0) is 44.6 Å². The van der Waals surface area contributed by atoms with Crippen LogP contribution in [0.3, 0.4) is 0 Å². The first-order chi connectivity index (χ1) is 12.5. The highest BCUT2D eigenvalue weighted by Crippen LogP contribution is 2.27. The molecule has 0 atom stereocenters. The molecule has 3 rings (SSSR count). The third-order valence-corrected chi connectivity index (χ3v) is 4.79. The molecule has 1 aromatic heterocycles. The number of nitrogens with one attached hydrogen (secondary N) is 1. The van der Waals surface area contributed by atoms with Gasteiger partial charge in [0.2, 0.25) is 11.1 Å². The zero-order valence-electron chi connectivity index (χ0n) is 13.1. The minimum Gasteiger partial charge on any atom is -0.324 e. The Morgan fingerprint density at radius 2 is 2.04 bits per heavy atom. The van der Waals surface area contributed by atoms with E-state index in [4.69, 9.17) is 0 Å². The summed E-state index contributed by atoms with van der Waals surface area (Å²) in [6.07, 6.45) is 0. The molecule has 1 heterocycles. The number of nitro benzene ring substituents is 1. The van der Waals surface area contributed by atoms with Crippen LogP contribution in [0.5, 0.6) is 0 Å². The Labute approximate surface area is 160 Å². The molecule has 0 fully saturated rings. The molecule has 1 amide bonds. The lowest BCUT2D eigenvalue weighted by Crippen LogP contribution is -2.15. The first-order valence-corrected chi connectivity index (χ1v) is 9.03. The average Bonchev–Trinajstić information content (AvgIpc) is 3.11. The number of carbonyl (C=O) groups excluding carboxylic acids is 1. The van der Waals surface area contributed by atoms with E-state index in [-0.39, 0.29) is 17.3 Å². The van der Waals surface area contributed by atoms with E-state index in [2.05, 4.69) is 36.8 Å². The number of nitrogens with zero attached hydrogens (tertiary/aromatic N) is 5. The summed E-state index contributed by atoms with van der Waals surface area (Å²) < 4.78 is 1.97. The second-order valence-electron chi connectivity index (χ2n) is 4.97. The van der Waals surface area contributed by atoms with Crippen LogP contribution in [0.25, 0.3) is 5.69 Å². The molecule has 0 saturated carbocycles. The van der Waals surface area contributed by atoms with E-state index in [1.165, 1.54) is 30.0 Å². The van der Waals surface area contributed by atoms with Crippen molar-refractivity contribution in [3.63, 3.8) is 0 Å². The van der Waals surface area contributed by atoms with Gasteiger partial charge >= 0.3 is 0 Å². The van der Waals surface area contributed by atoms with Gasteiger partial charge in [-0.2, -0.15) is 4.68 Å². The third-order valence-electron chi connectivity index (χ3n) is 3.21. The molecule has 0 aliphatic carbocycles. The van der Waals surface area contributed by atoms with E-state index in [1.54, 1.807) is 4.68 Å². The number of hydrogen-bond donors (Lipinski definition) is 1. The lowest BCUT2D eigenvalue weighted by atomic mass is 10.3. The predicted octanol–water partition coefficient (Wildman–Crippen LogP) is 3.06. The Morgan fingerprint density at radius 3 is 2.73 bits per heavy atom. The quantitative estimate of drug-likeness (QED) is 0.359. The van der Waals surface area contributed by atoms with Gasteiger partial charge in [-0.15, -0.1) is 5.10 Å². The summed E-state index contributed by atoms with van der Waals surface area (Å²) in [5.74, 6) is -0.205. The number of anilines is 1. The number of tetrazole rings is 1. The number of thioether (sulfide) groups is 1. The molecule has 132 valence electrons. The largest absolute Gasteiger partial charge is 0.324 e.